The fraction of sp³-hybridized carbons (Fsp3) is 0.500. The molecule has 1 aromatic carbocycles. The summed E-state index contributed by atoms with van der Waals surface area (Å²) < 4.78 is 5.21. The van der Waals surface area contributed by atoms with Gasteiger partial charge in [0.15, 0.2) is 0 Å². The number of carbonyl (C=O) groups is 1. The highest BCUT2D eigenvalue weighted by molar-refractivity contribution is 5.67. The van der Waals surface area contributed by atoms with Crippen LogP contribution in [0.1, 0.15) is 18.4 Å². The lowest BCUT2D eigenvalue weighted by Gasteiger charge is -2.34. The number of nitrogens with zero attached hydrogens (tertiary/aromatic N) is 1. The van der Waals surface area contributed by atoms with Crippen molar-refractivity contribution in [2.75, 3.05) is 13.6 Å². The summed E-state index contributed by atoms with van der Waals surface area (Å²) in [4.78, 5) is 13.3. The van der Waals surface area contributed by atoms with E-state index in [1.165, 1.54) is 0 Å². The molecule has 1 aromatic rings. The van der Waals surface area contributed by atoms with E-state index in [0.717, 1.165) is 18.4 Å². The molecule has 0 saturated heterocycles. The molecule has 98 valence electrons. The van der Waals surface area contributed by atoms with E-state index in [4.69, 9.17) is 4.74 Å². The van der Waals surface area contributed by atoms with Gasteiger partial charge in [0, 0.05) is 13.6 Å². The maximum atomic E-state index is 11.7. The Morgan fingerprint density at radius 1 is 1.39 bits per heavy atom. The Hall–Kier alpha value is -1.55. The summed E-state index contributed by atoms with van der Waals surface area (Å²) in [6.45, 7) is 0.960. The zero-order valence-electron chi connectivity index (χ0n) is 10.6. The molecule has 2 rings (SSSR count). The third kappa shape index (κ3) is 3.47. The molecule has 1 aliphatic carbocycles. The summed E-state index contributed by atoms with van der Waals surface area (Å²) in [6, 6.07) is 9.62. The Bertz CT molecular complexity index is 387. The predicted molar refractivity (Wildman–Crippen MR) is 68.0 cm³/mol. The Labute approximate surface area is 107 Å². The predicted octanol–water partition coefficient (Wildman–Crippen LogP) is 2.03. The fourth-order valence-electron chi connectivity index (χ4n) is 2.14. The Morgan fingerprint density at radius 3 is 2.67 bits per heavy atom. The number of hydrogen-bond acceptors (Lipinski definition) is 3. The van der Waals surface area contributed by atoms with Gasteiger partial charge in [0.1, 0.15) is 6.61 Å². The van der Waals surface area contributed by atoms with Gasteiger partial charge in [0.25, 0.3) is 0 Å². The maximum Gasteiger partial charge on any atom is 0.409 e. The van der Waals surface area contributed by atoms with Gasteiger partial charge in [-0.3, -0.25) is 0 Å². The van der Waals surface area contributed by atoms with Gasteiger partial charge in [-0.05, 0) is 24.3 Å². The number of carbonyl (C=O) groups excluding carboxylic acids is 1. The highest BCUT2D eigenvalue weighted by Gasteiger charge is 2.29. The number of aliphatic hydroxyl groups excluding tert-OH is 1. The lowest BCUT2D eigenvalue weighted by molar-refractivity contribution is 0.0244. The first-order valence-electron chi connectivity index (χ1n) is 6.25. The van der Waals surface area contributed by atoms with Gasteiger partial charge in [-0.1, -0.05) is 30.3 Å². The summed E-state index contributed by atoms with van der Waals surface area (Å²) in [5.41, 5.74) is 0.985. The Morgan fingerprint density at radius 2 is 2.06 bits per heavy atom. The number of amides is 1. The van der Waals surface area contributed by atoms with Crippen molar-refractivity contribution < 1.29 is 14.6 Å². The van der Waals surface area contributed by atoms with E-state index >= 15 is 0 Å². The second kappa shape index (κ2) is 5.87. The molecule has 18 heavy (non-hydrogen) atoms. The zero-order valence-corrected chi connectivity index (χ0v) is 10.6. The molecular formula is C14H19NO3. The summed E-state index contributed by atoms with van der Waals surface area (Å²) in [5.74, 6) is 0.411. The highest BCUT2D eigenvalue weighted by Crippen LogP contribution is 2.27. The Kier molecular flexibility index (Phi) is 4.20. The van der Waals surface area contributed by atoms with E-state index in [9.17, 15) is 9.90 Å². The van der Waals surface area contributed by atoms with Crippen molar-refractivity contribution in [3.8, 4) is 0 Å². The molecule has 1 N–H and O–H groups in total. The molecule has 1 saturated carbocycles. The quantitative estimate of drug-likeness (QED) is 0.888. The maximum absolute atomic E-state index is 11.7. The monoisotopic (exact) mass is 249 g/mol. The molecule has 4 nitrogen and oxygen atoms in total. The van der Waals surface area contributed by atoms with Gasteiger partial charge in [0.05, 0.1) is 6.10 Å². The van der Waals surface area contributed by atoms with Crippen LogP contribution in [-0.2, 0) is 11.3 Å². The van der Waals surface area contributed by atoms with Gasteiger partial charge >= 0.3 is 6.09 Å². The third-order valence-corrected chi connectivity index (χ3v) is 3.26. The van der Waals surface area contributed by atoms with Gasteiger partial charge in [0.2, 0.25) is 0 Å². The molecule has 0 aliphatic heterocycles. The van der Waals surface area contributed by atoms with E-state index in [2.05, 4.69) is 0 Å². The van der Waals surface area contributed by atoms with Crippen LogP contribution in [0.4, 0.5) is 4.79 Å². The smallest absolute Gasteiger partial charge is 0.409 e. The van der Waals surface area contributed by atoms with Crippen LogP contribution in [0.3, 0.4) is 0 Å². The topological polar surface area (TPSA) is 49.8 Å². The van der Waals surface area contributed by atoms with Gasteiger partial charge in [-0.25, -0.2) is 4.79 Å². The van der Waals surface area contributed by atoms with E-state index in [0.29, 0.717) is 19.1 Å². The summed E-state index contributed by atoms with van der Waals surface area (Å²) in [5, 5.41) is 9.19. The molecule has 0 radical (unpaired) electrons. The minimum absolute atomic E-state index is 0.177. The molecule has 0 atom stereocenters. The number of ether oxygens (including phenoxy) is 1. The molecule has 1 fully saturated rings. The van der Waals surface area contributed by atoms with Crippen molar-refractivity contribution in [1.82, 2.24) is 4.90 Å². The van der Waals surface area contributed by atoms with Crippen LogP contribution in [0.2, 0.25) is 0 Å². The van der Waals surface area contributed by atoms with Crippen LogP contribution < -0.4 is 0 Å². The average Bonchev–Trinajstić information content (AvgIpc) is 2.35. The first-order chi connectivity index (χ1) is 8.65. The lowest BCUT2D eigenvalue weighted by Crippen LogP contribution is -2.39. The second-order valence-corrected chi connectivity index (χ2v) is 4.91. The van der Waals surface area contributed by atoms with Gasteiger partial charge in [-0.2, -0.15) is 0 Å². The number of hydrogen-bond donors (Lipinski definition) is 1. The zero-order chi connectivity index (χ0) is 13.0. The molecule has 1 amide bonds. The molecule has 0 aromatic heterocycles. The minimum atomic E-state index is -0.305. The largest absolute Gasteiger partial charge is 0.445 e. The van der Waals surface area contributed by atoms with Gasteiger partial charge in [-0.15, -0.1) is 0 Å². The lowest BCUT2D eigenvalue weighted by atomic mass is 9.82. The van der Waals surface area contributed by atoms with Crippen molar-refractivity contribution in [2.24, 2.45) is 5.92 Å². The van der Waals surface area contributed by atoms with E-state index in [1.54, 1.807) is 11.9 Å². The number of benzene rings is 1. The van der Waals surface area contributed by atoms with Crippen molar-refractivity contribution in [3.63, 3.8) is 0 Å². The SMILES string of the molecule is CN(CC1CC(O)C1)C(=O)OCc1ccccc1. The van der Waals surface area contributed by atoms with Gasteiger partial charge < -0.3 is 14.7 Å². The van der Waals surface area contributed by atoms with E-state index in [-0.39, 0.29) is 12.2 Å². The summed E-state index contributed by atoms with van der Waals surface area (Å²) in [7, 11) is 1.73. The number of aliphatic hydroxyl groups is 1. The molecule has 0 bridgehead atoms. The molecule has 0 heterocycles. The van der Waals surface area contributed by atoms with Crippen LogP contribution in [0.25, 0.3) is 0 Å². The molecule has 1 aliphatic rings. The van der Waals surface area contributed by atoms with Crippen LogP contribution >= 0.6 is 0 Å². The average molecular weight is 249 g/mol. The van der Waals surface area contributed by atoms with Crippen molar-refractivity contribution in [1.29, 1.82) is 0 Å². The van der Waals surface area contributed by atoms with Crippen LogP contribution in [-0.4, -0.2) is 35.8 Å². The van der Waals surface area contributed by atoms with E-state index in [1.807, 2.05) is 30.3 Å². The third-order valence-electron chi connectivity index (χ3n) is 3.26. The minimum Gasteiger partial charge on any atom is -0.445 e. The molecule has 0 unspecified atom stereocenters. The Balaban J connectivity index is 1.71. The normalized spacial score (nSPS) is 22.1. The molecular weight excluding hydrogens is 230 g/mol. The van der Waals surface area contributed by atoms with Crippen LogP contribution in [0.15, 0.2) is 30.3 Å². The molecule has 0 spiro atoms. The molecule has 4 heteroatoms. The standard InChI is InChI=1S/C14H19NO3/c1-15(9-12-7-13(16)8-12)14(17)18-10-11-5-3-2-4-6-11/h2-6,12-13,16H,7-10H2,1H3. The summed E-state index contributed by atoms with van der Waals surface area (Å²) >= 11 is 0. The first-order valence-corrected chi connectivity index (χ1v) is 6.25. The second-order valence-electron chi connectivity index (χ2n) is 4.91. The summed E-state index contributed by atoms with van der Waals surface area (Å²) in [6.07, 6.45) is 1.09. The van der Waals surface area contributed by atoms with Crippen LogP contribution in [0, 0.1) is 5.92 Å². The van der Waals surface area contributed by atoms with E-state index < -0.39 is 0 Å². The van der Waals surface area contributed by atoms with Crippen molar-refractivity contribution in [3.05, 3.63) is 35.9 Å². The highest BCUT2D eigenvalue weighted by atomic mass is 16.6. The fourth-order valence-corrected chi connectivity index (χ4v) is 2.14. The van der Waals surface area contributed by atoms with Crippen molar-refractivity contribution in [2.45, 2.75) is 25.6 Å². The van der Waals surface area contributed by atoms with Crippen LogP contribution in [0.5, 0.6) is 0 Å². The van der Waals surface area contributed by atoms with Crippen molar-refractivity contribution >= 4 is 6.09 Å². The first kappa shape index (κ1) is 12.9. The number of rotatable bonds is 4.